The van der Waals surface area contributed by atoms with Gasteiger partial charge in [-0.3, -0.25) is 0 Å². The predicted octanol–water partition coefficient (Wildman–Crippen LogP) is 5.52. The summed E-state index contributed by atoms with van der Waals surface area (Å²) in [5.41, 5.74) is 2.75. The molecule has 0 N–H and O–H groups in total. The number of oxime groups is 3. The minimum Gasteiger partial charge on any atom is -0.373 e. The molecule has 0 saturated carbocycles. The van der Waals surface area contributed by atoms with Crippen LogP contribution >= 0.6 is 0 Å². The van der Waals surface area contributed by atoms with Crippen molar-refractivity contribution in [2.24, 2.45) is 15.5 Å². The van der Waals surface area contributed by atoms with Crippen molar-refractivity contribution in [1.82, 2.24) is 0 Å². The second kappa shape index (κ2) is 13.0. The molecule has 0 atom stereocenters. The third-order valence-electron chi connectivity index (χ3n) is 3.29. The normalized spacial score (nSPS) is 15.9. The summed E-state index contributed by atoms with van der Waals surface area (Å²) >= 11 is 0. The first-order chi connectivity index (χ1) is 11.4. The fourth-order valence-corrected chi connectivity index (χ4v) is 3.28. The molecular weight excluding hydrogens is 322 g/mol. The second-order valence-corrected chi connectivity index (χ2v) is 8.66. The Bertz CT molecular complexity index is 377. The van der Waals surface area contributed by atoms with Gasteiger partial charge in [-0.25, -0.2) is 0 Å². The molecule has 0 aliphatic heterocycles. The van der Waals surface area contributed by atoms with Crippen LogP contribution in [0.5, 0.6) is 0 Å². The van der Waals surface area contributed by atoms with Crippen LogP contribution in [0.3, 0.4) is 0 Å². The van der Waals surface area contributed by atoms with Crippen LogP contribution in [0, 0.1) is 0 Å². The molecule has 0 saturated heterocycles. The molecule has 140 valence electrons. The number of nitrogens with zero attached hydrogens (tertiary/aromatic N) is 3. The largest absolute Gasteiger partial charge is 0.762 e. The quantitative estimate of drug-likeness (QED) is 0.247. The lowest BCUT2D eigenvalue weighted by Gasteiger charge is -2.21. The molecule has 0 bridgehead atoms. The van der Waals surface area contributed by atoms with Crippen molar-refractivity contribution in [3.05, 3.63) is 0 Å². The van der Waals surface area contributed by atoms with Crippen LogP contribution in [0.1, 0.15) is 87.0 Å². The molecule has 6 nitrogen and oxygen atoms in total. The monoisotopic (exact) mass is 357 g/mol. The van der Waals surface area contributed by atoms with Gasteiger partial charge in [-0.05, 0) is 40.0 Å². The third-order valence-corrected chi connectivity index (χ3v) is 5.26. The topological polar surface area (TPSA) is 64.8 Å². The van der Waals surface area contributed by atoms with E-state index in [1.807, 2.05) is 27.7 Å². The SMILES string of the molecule is CCCC(C)=NO[Si](CC)(ON=C(C)CCC)ON=C(C)CCC. The summed E-state index contributed by atoms with van der Waals surface area (Å²) in [5, 5.41) is 12.6. The Hall–Kier alpha value is -1.37. The van der Waals surface area contributed by atoms with Crippen LogP contribution in [0.4, 0.5) is 0 Å². The maximum Gasteiger partial charge on any atom is 0.762 e. The van der Waals surface area contributed by atoms with Crippen molar-refractivity contribution in [1.29, 1.82) is 0 Å². The van der Waals surface area contributed by atoms with Crippen molar-refractivity contribution in [3.63, 3.8) is 0 Å². The second-order valence-electron chi connectivity index (χ2n) is 6.04. The average molecular weight is 358 g/mol. The highest BCUT2D eigenvalue weighted by Crippen LogP contribution is 2.18. The zero-order valence-electron chi connectivity index (χ0n) is 16.5. The fourth-order valence-electron chi connectivity index (χ4n) is 1.91. The highest BCUT2D eigenvalue weighted by molar-refractivity contribution is 6.60. The van der Waals surface area contributed by atoms with E-state index in [1.54, 1.807) is 0 Å². The van der Waals surface area contributed by atoms with Gasteiger partial charge >= 0.3 is 8.80 Å². The Morgan fingerprint density at radius 3 is 1.12 bits per heavy atom. The molecule has 0 rings (SSSR count). The summed E-state index contributed by atoms with van der Waals surface area (Å²) < 4.78 is 17.2. The van der Waals surface area contributed by atoms with Crippen molar-refractivity contribution >= 4 is 25.9 Å². The van der Waals surface area contributed by atoms with Gasteiger partial charge < -0.3 is 13.6 Å². The molecule has 0 aromatic rings. The zero-order valence-corrected chi connectivity index (χ0v) is 17.5. The van der Waals surface area contributed by atoms with Crippen LogP contribution in [0.15, 0.2) is 15.5 Å². The standard InChI is InChI=1S/C17H35N3O3Si/c1-8-12-15(5)18-21-24(11-4,22-19-16(6)13-9-2)23-20-17(7)14-10-3/h8-14H2,1-7H3. The Morgan fingerprint density at radius 2 is 0.917 bits per heavy atom. The van der Waals surface area contributed by atoms with Gasteiger partial charge in [-0.2, -0.15) is 0 Å². The minimum atomic E-state index is -3.11. The number of hydrogen-bond donors (Lipinski definition) is 0. The van der Waals surface area contributed by atoms with E-state index in [0.717, 1.165) is 55.7 Å². The van der Waals surface area contributed by atoms with Crippen LogP contribution in [-0.4, -0.2) is 25.9 Å². The first-order valence-electron chi connectivity index (χ1n) is 9.07. The van der Waals surface area contributed by atoms with Gasteiger partial charge in [-0.1, -0.05) is 47.0 Å². The van der Waals surface area contributed by atoms with Gasteiger partial charge in [0.25, 0.3) is 0 Å². The Kier molecular flexibility index (Phi) is 12.2. The van der Waals surface area contributed by atoms with Crippen molar-refractivity contribution in [2.75, 3.05) is 0 Å². The summed E-state index contributed by atoms with van der Waals surface area (Å²) in [6, 6.07) is 0.543. The summed E-state index contributed by atoms with van der Waals surface area (Å²) in [6.45, 7) is 14.1. The third kappa shape index (κ3) is 9.70. The molecule has 0 aliphatic rings. The van der Waals surface area contributed by atoms with E-state index in [1.165, 1.54) is 0 Å². The van der Waals surface area contributed by atoms with Gasteiger partial charge in [0.2, 0.25) is 0 Å². The van der Waals surface area contributed by atoms with Gasteiger partial charge in [0.15, 0.2) is 0 Å². The summed E-state index contributed by atoms with van der Waals surface area (Å²) in [6.07, 6.45) is 5.69. The molecule has 7 heteroatoms. The van der Waals surface area contributed by atoms with Gasteiger partial charge in [-0.15, -0.1) is 15.5 Å². The van der Waals surface area contributed by atoms with Crippen LogP contribution in [-0.2, 0) is 13.6 Å². The van der Waals surface area contributed by atoms with Crippen molar-refractivity contribution in [3.8, 4) is 0 Å². The summed E-state index contributed by atoms with van der Waals surface area (Å²) in [5.74, 6) is 0. The molecule has 0 radical (unpaired) electrons. The molecule has 0 aromatic heterocycles. The first-order valence-corrected chi connectivity index (χ1v) is 11.0. The highest BCUT2D eigenvalue weighted by Gasteiger charge is 2.50. The molecule has 0 heterocycles. The highest BCUT2D eigenvalue weighted by atomic mass is 28.4. The Morgan fingerprint density at radius 1 is 0.625 bits per heavy atom. The Balaban J connectivity index is 5.23. The van der Waals surface area contributed by atoms with E-state index >= 15 is 0 Å². The molecule has 0 aliphatic carbocycles. The van der Waals surface area contributed by atoms with Gasteiger partial charge in [0.05, 0.1) is 23.2 Å². The van der Waals surface area contributed by atoms with E-state index in [2.05, 4.69) is 36.2 Å². The molecule has 0 aromatic carbocycles. The molecule has 0 unspecified atom stereocenters. The van der Waals surface area contributed by atoms with E-state index in [4.69, 9.17) is 13.6 Å². The lowest BCUT2D eigenvalue weighted by molar-refractivity contribution is 0.0665. The summed E-state index contributed by atoms with van der Waals surface area (Å²) in [4.78, 5) is 0. The lowest BCUT2D eigenvalue weighted by atomic mass is 10.2. The Labute approximate surface area is 148 Å². The molecule has 0 spiro atoms. The van der Waals surface area contributed by atoms with Crippen LogP contribution in [0.25, 0.3) is 0 Å². The van der Waals surface area contributed by atoms with Crippen LogP contribution in [0.2, 0.25) is 6.04 Å². The van der Waals surface area contributed by atoms with Gasteiger partial charge in [0, 0.05) is 0 Å². The maximum atomic E-state index is 5.72. The minimum absolute atomic E-state index is 0.543. The van der Waals surface area contributed by atoms with E-state index < -0.39 is 8.80 Å². The number of hydrogen-bond acceptors (Lipinski definition) is 6. The van der Waals surface area contributed by atoms with E-state index in [9.17, 15) is 0 Å². The molecular formula is C17H35N3O3Si. The van der Waals surface area contributed by atoms with Crippen LogP contribution < -0.4 is 0 Å². The summed E-state index contributed by atoms with van der Waals surface area (Å²) in [7, 11) is -3.11. The molecule has 0 fully saturated rings. The van der Waals surface area contributed by atoms with E-state index in [0.29, 0.717) is 6.04 Å². The first kappa shape index (κ1) is 22.6. The predicted molar refractivity (Wildman–Crippen MR) is 104 cm³/mol. The van der Waals surface area contributed by atoms with Gasteiger partial charge in [0.1, 0.15) is 0 Å². The fraction of sp³-hybridized carbons (Fsp3) is 0.824. The average Bonchev–Trinajstić information content (AvgIpc) is 2.55. The lowest BCUT2D eigenvalue weighted by Crippen LogP contribution is -2.41. The van der Waals surface area contributed by atoms with E-state index in [-0.39, 0.29) is 0 Å². The smallest absolute Gasteiger partial charge is 0.373 e. The van der Waals surface area contributed by atoms with Crippen molar-refractivity contribution < 1.29 is 13.6 Å². The maximum absolute atomic E-state index is 5.72. The van der Waals surface area contributed by atoms with Crippen molar-refractivity contribution in [2.45, 2.75) is 93.0 Å². The molecule has 0 amide bonds. The zero-order chi connectivity index (χ0) is 18.4. The number of rotatable bonds is 13. The molecule has 24 heavy (non-hydrogen) atoms.